The number of halogens is 6. The molecule has 4 rings (SSSR count). The molecular weight excluding hydrogens is 734 g/mol. The second-order valence-corrected chi connectivity index (χ2v) is 13.9. The van der Waals surface area contributed by atoms with Gasteiger partial charge in [0.1, 0.15) is 23.7 Å². The summed E-state index contributed by atoms with van der Waals surface area (Å²) in [4.78, 5) is 57.6. The Balaban J connectivity index is 1.72. The number of Topliss-reactive ketones (excluding diaryl/α,β-unsaturated/α-hetero) is 1. The number of epoxide rings is 1. The molecule has 0 bridgehead atoms. The third-order valence-electron chi connectivity index (χ3n) is 8.84. The molecule has 1 saturated heterocycles. The van der Waals surface area contributed by atoms with Crippen LogP contribution < -0.4 is 16.0 Å². The van der Waals surface area contributed by atoms with E-state index >= 15 is 0 Å². The molecule has 5 atom stereocenters. The quantitative estimate of drug-likeness (QED) is 0.0482. The van der Waals surface area contributed by atoms with Gasteiger partial charge >= 0.3 is 12.4 Å². The fraction of sp³-hybridized carbons (Fsp3) is 0.421. The van der Waals surface area contributed by atoms with Gasteiger partial charge in [0.25, 0.3) is 0 Å². The first kappa shape index (κ1) is 42.3. The molecule has 0 aliphatic carbocycles. The molecule has 3 aromatic rings. The van der Waals surface area contributed by atoms with Crippen LogP contribution in [0.3, 0.4) is 0 Å². The van der Waals surface area contributed by atoms with Crippen molar-refractivity contribution < 1.29 is 50.3 Å². The van der Waals surface area contributed by atoms with Crippen LogP contribution in [0.2, 0.25) is 0 Å². The zero-order chi connectivity index (χ0) is 40.6. The first-order chi connectivity index (χ1) is 25.8. The molecule has 17 heteroatoms. The second kappa shape index (κ2) is 17.8. The Morgan fingerprint density at radius 1 is 0.727 bits per heavy atom. The summed E-state index contributed by atoms with van der Waals surface area (Å²) in [6.45, 7) is 5.39. The number of nitrogens with one attached hydrogen (secondary N) is 3. The molecule has 0 spiro atoms. The SMILES string of the molecule is CC(C)C[C@H](NC(=O)[C@H](Cc1ccccc1)NC(=O)[C@H](Cc1cc(C(F)(F)F)cc(C(F)(F)F)c1)NC(=O)[C@H](Cc1ccccc1)N=[N+]=[N-])C(=O)[C@]1(C)CO1. The fourth-order valence-corrected chi connectivity index (χ4v) is 5.86. The van der Waals surface area contributed by atoms with Crippen molar-refractivity contribution in [1.82, 2.24) is 16.0 Å². The normalized spacial score (nSPS) is 17.6. The molecule has 0 unspecified atom stereocenters. The number of ether oxygens (including phenoxy) is 1. The van der Waals surface area contributed by atoms with Gasteiger partial charge in [0.2, 0.25) is 17.7 Å². The van der Waals surface area contributed by atoms with E-state index in [4.69, 9.17) is 4.74 Å². The highest BCUT2D eigenvalue weighted by molar-refractivity contribution is 5.98. The Labute approximate surface area is 312 Å². The molecule has 1 aliphatic rings. The number of amides is 3. The number of alkyl halides is 6. The number of carbonyl (C=O) groups is 4. The number of benzene rings is 3. The number of azide groups is 1. The summed E-state index contributed by atoms with van der Waals surface area (Å²) >= 11 is 0. The molecule has 0 aromatic heterocycles. The summed E-state index contributed by atoms with van der Waals surface area (Å²) in [6, 6.07) is 11.5. The number of hydrogen-bond donors (Lipinski definition) is 3. The number of rotatable bonds is 17. The average Bonchev–Trinajstić information content (AvgIpc) is 3.88. The van der Waals surface area contributed by atoms with E-state index in [0.29, 0.717) is 23.3 Å². The molecule has 11 nitrogen and oxygen atoms in total. The molecular formula is C38H40F6N6O5. The van der Waals surface area contributed by atoms with E-state index in [9.17, 15) is 51.1 Å². The third-order valence-corrected chi connectivity index (χ3v) is 8.84. The first-order valence-electron chi connectivity index (χ1n) is 17.3. The smallest absolute Gasteiger partial charge is 0.361 e. The molecule has 294 valence electrons. The lowest BCUT2D eigenvalue weighted by molar-refractivity contribution is -0.143. The van der Waals surface area contributed by atoms with Crippen LogP contribution in [0.4, 0.5) is 26.3 Å². The Hall–Kier alpha value is -5.41. The molecule has 3 aromatic carbocycles. The van der Waals surface area contributed by atoms with E-state index in [1.165, 1.54) is 0 Å². The van der Waals surface area contributed by atoms with Crippen LogP contribution in [0.25, 0.3) is 10.4 Å². The molecule has 1 fully saturated rings. The van der Waals surface area contributed by atoms with Gasteiger partial charge in [-0.25, -0.2) is 0 Å². The van der Waals surface area contributed by atoms with Crippen molar-refractivity contribution in [2.75, 3.05) is 6.61 Å². The largest absolute Gasteiger partial charge is 0.416 e. The standard InChI is InChI=1S/C38H40F6N6O5/c1-22(2)14-28(32(51)36(3)21-55-36)46-33(52)29(17-23-10-6-4-7-11-23)47-34(53)30(48-35(54)31(49-50-45)18-24-12-8-5-9-13-24)19-25-15-26(37(39,40)41)20-27(16-25)38(42,43)44/h4-13,15-16,20,22,28-31H,14,17-19,21H2,1-3H3,(H,46,52)(H,47,53)(H,48,54)/t28-,29-,30-,31-,36-/m0/s1. The van der Waals surface area contributed by atoms with Crippen molar-refractivity contribution in [2.45, 2.75) is 88.6 Å². The topological polar surface area (TPSA) is 166 Å². The van der Waals surface area contributed by atoms with Crippen molar-refractivity contribution in [3.63, 3.8) is 0 Å². The summed E-state index contributed by atoms with van der Waals surface area (Å²) in [7, 11) is 0. The van der Waals surface area contributed by atoms with Gasteiger partial charge in [0.05, 0.1) is 23.8 Å². The zero-order valence-electron chi connectivity index (χ0n) is 30.1. The molecule has 3 N–H and O–H groups in total. The monoisotopic (exact) mass is 774 g/mol. The van der Waals surface area contributed by atoms with Crippen LogP contribution >= 0.6 is 0 Å². The van der Waals surface area contributed by atoms with Crippen molar-refractivity contribution >= 4 is 23.5 Å². The van der Waals surface area contributed by atoms with Crippen LogP contribution in [-0.4, -0.2) is 59.9 Å². The number of nitrogens with zero attached hydrogens (tertiary/aromatic N) is 3. The van der Waals surface area contributed by atoms with Crippen LogP contribution in [0.5, 0.6) is 0 Å². The van der Waals surface area contributed by atoms with Crippen molar-refractivity contribution in [3.8, 4) is 0 Å². The number of hydrogen-bond acceptors (Lipinski definition) is 6. The van der Waals surface area contributed by atoms with Crippen LogP contribution in [0, 0.1) is 5.92 Å². The van der Waals surface area contributed by atoms with Crippen LogP contribution in [0.15, 0.2) is 84.0 Å². The van der Waals surface area contributed by atoms with Gasteiger partial charge < -0.3 is 20.7 Å². The van der Waals surface area contributed by atoms with E-state index in [1.807, 2.05) is 13.8 Å². The Kier molecular flexibility index (Phi) is 13.7. The zero-order valence-corrected chi connectivity index (χ0v) is 30.1. The van der Waals surface area contributed by atoms with Gasteiger partial charge in [-0.05, 0) is 66.1 Å². The van der Waals surface area contributed by atoms with E-state index < -0.39 is 88.7 Å². The minimum absolute atomic E-state index is 0.0627. The van der Waals surface area contributed by atoms with Crippen LogP contribution in [0.1, 0.15) is 55.0 Å². The van der Waals surface area contributed by atoms with Crippen molar-refractivity contribution in [3.05, 3.63) is 117 Å². The molecule has 3 amide bonds. The van der Waals surface area contributed by atoms with E-state index in [-0.39, 0.29) is 37.9 Å². The minimum atomic E-state index is -5.20. The number of carbonyl (C=O) groups excluding carboxylic acids is 4. The van der Waals surface area contributed by atoms with Crippen molar-refractivity contribution in [1.29, 1.82) is 0 Å². The lowest BCUT2D eigenvalue weighted by Gasteiger charge is -2.27. The fourth-order valence-electron chi connectivity index (χ4n) is 5.86. The maximum Gasteiger partial charge on any atom is 0.416 e. The van der Waals surface area contributed by atoms with Gasteiger partial charge in [-0.2, -0.15) is 26.3 Å². The summed E-state index contributed by atoms with van der Waals surface area (Å²) in [5.41, 5.74) is 5.28. The lowest BCUT2D eigenvalue weighted by Crippen LogP contribution is -2.58. The molecule has 55 heavy (non-hydrogen) atoms. The molecule has 1 aliphatic heterocycles. The lowest BCUT2D eigenvalue weighted by atomic mass is 9.93. The highest BCUT2D eigenvalue weighted by Crippen LogP contribution is 2.36. The average molecular weight is 775 g/mol. The molecule has 0 radical (unpaired) electrons. The predicted molar refractivity (Wildman–Crippen MR) is 188 cm³/mol. The van der Waals surface area contributed by atoms with Gasteiger partial charge in [-0.3, -0.25) is 19.2 Å². The van der Waals surface area contributed by atoms with E-state index in [2.05, 4.69) is 26.0 Å². The highest BCUT2D eigenvalue weighted by atomic mass is 19.4. The summed E-state index contributed by atoms with van der Waals surface area (Å²) < 4.78 is 88.0. The summed E-state index contributed by atoms with van der Waals surface area (Å²) in [6.07, 6.45) is -11.4. The van der Waals surface area contributed by atoms with Gasteiger partial charge in [-0.15, -0.1) is 0 Å². The Morgan fingerprint density at radius 2 is 1.16 bits per heavy atom. The number of ketones is 1. The summed E-state index contributed by atoms with van der Waals surface area (Å²) in [5, 5.41) is 11.0. The molecule has 0 saturated carbocycles. The third kappa shape index (κ3) is 12.3. The predicted octanol–water partition coefficient (Wildman–Crippen LogP) is 6.29. The highest BCUT2D eigenvalue weighted by Gasteiger charge is 2.50. The Bertz CT molecular complexity index is 1850. The van der Waals surface area contributed by atoms with Gasteiger partial charge in [0.15, 0.2) is 5.78 Å². The maximum absolute atomic E-state index is 14.1. The van der Waals surface area contributed by atoms with Gasteiger partial charge in [-0.1, -0.05) is 79.6 Å². The molecule has 1 heterocycles. The second-order valence-electron chi connectivity index (χ2n) is 13.9. The van der Waals surface area contributed by atoms with E-state index in [1.54, 1.807) is 67.6 Å². The van der Waals surface area contributed by atoms with Crippen LogP contribution in [-0.2, 0) is 55.5 Å². The minimum Gasteiger partial charge on any atom is -0.361 e. The Morgan fingerprint density at radius 3 is 1.60 bits per heavy atom. The summed E-state index contributed by atoms with van der Waals surface area (Å²) in [5.74, 6) is -3.49. The van der Waals surface area contributed by atoms with E-state index in [0.717, 1.165) is 0 Å². The van der Waals surface area contributed by atoms with Crippen molar-refractivity contribution in [2.24, 2.45) is 11.0 Å². The van der Waals surface area contributed by atoms with Gasteiger partial charge in [0, 0.05) is 17.8 Å². The maximum atomic E-state index is 14.1. The first-order valence-corrected chi connectivity index (χ1v) is 17.3.